The predicted octanol–water partition coefficient (Wildman–Crippen LogP) is 1.72. The molecule has 1 saturated heterocycles. The van der Waals surface area contributed by atoms with Crippen molar-refractivity contribution in [2.45, 2.75) is 20.4 Å². The highest BCUT2D eigenvalue weighted by Gasteiger charge is 2.21. The lowest BCUT2D eigenvalue weighted by Gasteiger charge is -2.14. The van der Waals surface area contributed by atoms with E-state index in [4.69, 9.17) is 20.9 Å². The van der Waals surface area contributed by atoms with Crippen LogP contribution in [0.4, 0.5) is 0 Å². The summed E-state index contributed by atoms with van der Waals surface area (Å²) in [5.41, 5.74) is 0.925. The predicted molar refractivity (Wildman–Crippen MR) is 112 cm³/mol. The molecule has 0 atom stereocenters. The lowest BCUT2D eigenvalue weighted by atomic mass is 10.3. The number of guanidine groups is 1. The van der Waals surface area contributed by atoms with Crippen molar-refractivity contribution in [2.75, 3.05) is 32.9 Å². The molecule has 0 aromatic carbocycles. The van der Waals surface area contributed by atoms with E-state index in [0.29, 0.717) is 24.8 Å². The number of hydrogen-bond acceptors (Lipinski definition) is 7. The van der Waals surface area contributed by atoms with Crippen LogP contribution in [-0.2, 0) is 25.9 Å². The van der Waals surface area contributed by atoms with Crippen LogP contribution in [0.3, 0.4) is 0 Å². The summed E-state index contributed by atoms with van der Waals surface area (Å²) < 4.78 is 35.8. The summed E-state index contributed by atoms with van der Waals surface area (Å²) in [4.78, 5) is 16.1. The smallest absolute Gasteiger partial charge is 0.382 e. The molecule has 2 heterocycles. The molecule has 0 radical (unpaired) electrons. The van der Waals surface area contributed by atoms with E-state index in [1.807, 2.05) is 19.9 Å². The van der Waals surface area contributed by atoms with Gasteiger partial charge in [-0.25, -0.2) is 19.3 Å². The molecule has 0 bridgehead atoms. The number of halogens is 1. The molecule has 1 aliphatic rings. The van der Waals surface area contributed by atoms with E-state index < -0.39 is 15.4 Å². The summed E-state index contributed by atoms with van der Waals surface area (Å²) in [5.74, 6) is 0.282. The Bertz CT molecular complexity index is 773. The Morgan fingerprint density at radius 1 is 1.47 bits per heavy atom. The Balaban J connectivity index is 0.000000540. The normalized spacial score (nSPS) is 14.1. The Morgan fingerprint density at radius 2 is 2.13 bits per heavy atom. The first-order chi connectivity index (χ1) is 14.1. The van der Waals surface area contributed by atoms with E-state index >= 15 is 0 Å². The van der Waals surface area contributed by atoms with E-state index in [2.05, 4.69) is 26.2 Å². The maximum atomic E-state index is 10.3. The number of hydrazone groups is 1. The standard InChI is InChI=1S/C9H10ClN5O2.C4H10O.C3H6O4S/c10-8-2-1-7(5-12-8)6-14-4-3-11-9(14)13-15(16)17;1-3-5-4-2;1-2-3-7-8(4,5)6/h1-2,5H,3-4,6H2,(H,11,13);3-4H2,1-2H3;2H,1,3H2,(H,4,5,6). The molecule has 0 unspecified atom stereocenters. The molecule has 1 aromatic heterocycles. The maximum absolute atomic E-state index is 10.3. The molecular formula is C16H26ClN5O7S. The van der Waals surface area contributed by atoms with Gasteiger partial charge in [-0.3, -0.25) is 4.55 Å². The molecule has 170 valence electrons. The van der Waals surface area contributed by atoms with Gasteiger partial charge < -0.3 is 15.0 Å². The zero-order valence-electron chi connectivity index (χ0n) is 16.7. The van der Waals surface area contributed by atoms with Gasteiger partial charge in [-0.2, -0.15) is 8.42 Å². The lowest BCUT2D eigenvalue weighted by molar-refractivity contribution is -0.485. The van der Waals surface area contributed by atoms with Crippen molar-refractivity contribution in [1.82, 2.24) is 15.2 Å². The first-order valence-corrected chi connectivity index (χ1v) is 10.5. The summed E-state index contributed by atoms with van der Waals surface area (Å²) in [6.07, 6.45) is 2.86. The minimum Gasteiger partial charge on any atom is -0.382 e. The van der Waals surface area contributed by atoms with Gasteiger partial charge in [0.05, 0.1) is 6.61 Å². The number of pyridine rings is 1. The van der Waals surface area contributed by atoms with Gasteiger partial charge >= 0.3 is 10.4 Å². The van der Waals surface area contributed by atoms with Crippen LogP contribution < -0.4 is 5.32 Å². The lowest BCUT2D eigenvalue weighted by Crippen LogP contribution is -2.30. The van der Waals surface area contributed by atoms with Crippen LogP contribution in [0.25, 0.3) is 0 Å². The van der Waals surface area contributed by atoms with Crippen molar-refractivity contribution < 1.29 is 26.9 Å². The van der Waals surface area contributed by atoms with Crippen molar-refractivity contribution in [3.8, 4) is 0 Å². The molecule has 30 heavy (non-hydrogen) atoms. The van der Waals surface area contributed by atoms with E-state index in [1.54, 1.807) is 17.2 Å². The van der Waals surface area contributed by atoms with E-state index in [0.717, 1.165) is 18.8 Å². The van der Waals surface area contributed by atoms with E-state index in [1.165, 1.54) is 6.08 Å². The zero-order chi connectivity index (χ0) is 23.0. The molecule has 2 rings (SSSR count). The molecule has 14 heteroatoms. The fourth-order valence-electron chi connectivity index (χ4n) is 1.91. The van der Waals surface area contributed by atoms with Gasteiger partial charge in [0.15, 0.2) is 5.03 Å². The monoisotopic (exact) mass is 467 g/mol. The van der Waals surface area contributed by atoms with Crippen LogP contribution in [0.1, 0.15) is 19.4 Å². The molecular weight excluding hydrogens is 442 g/mol. The first kappa shape index (κ1) is 27.7. The number of rotatable bonds is 8. The first-order valence-electron chi connectivity index (χ1n) is 8.75. The van der Waals surface area contributed by atoms with Gasteiger partial charge in [0, 0.05) is 39.0 Å². The van der Waals surface area contributed by atoms with Crippen LogP contribution in [0.5, 0.6) is 0 Å². The van der Waals surface area contributed by atoms with Gasteiger partial charge in [0.1, 0.15) is 10.3 Å². The fourth-order valence-corrected chi connectivity index (χ4v) is 2.29. The van der Waals surface area contributed by atoms with Crippen molar-refractivity contribution in [1.29, 1.82) is 0 Å². The SMILES string of the molecule is C=CCOS(=O)(=O)O.CCOCC.O=[N+]([O-])/N=C1\NCCN1Cc1ccc(Cl)nc1. The van der Waals surface area contributed by atoms with Crippen molar-refractivity contribution in [3.05, 3.63) is 51.8 Å². The molecule has 1 aliphatic heterocycles. The largest absolute Gasteiger partial charge is 0.397 e. The summed E-state index contributed by atoms with van der Waals surface area (Å²) in [5, 5.41) is 16.2. The average molecular weight is 468 g/mol. The summed E-state index contributed by atoms with van der Waals surface area (Å²) >= 11 is 5.68. The molecule has 0 spiro atoms. The summed E-state index contributed by atoms with van der Waals surface area (Å²) in [6.45, 7) is 10.5. The topological polar surface area (TPSA) is 156 Å². The molecule has 2 N–H and O–H groups in total. The number of nitrogens with one attached hydrogen (secondary N) is 1. The van der Waals surface area contributed by atoms with Crippen LogP contribution in [0.15, 0.2) is 36.1 Å². The van der Waals surface area contributed by atoms with Crippen LogP contribution >= 0.6 is 11.6 Å². The van der Waals surface area contributed by atoms with Gasteiger partial charge in [-0.15, -0.1) is 6.58 Å². The number of ether oxygens (including phenoxy) is 1. The third-order valence-electron chi connectivity index (χ3n) is 3.05. The Kier molecular flexibility index (Phi) is 14.3. The Labute approximate surface area is 180 Å². The molecule has 0 saturated carbocycles. The van der Waals surface area contributed by atoms with Gasteiger partial charge in [-0.05, 0) is 25.5 Å². The van der Waals surface area contributed by atoms with E-state index in [-0.39, 0.29) is 12.6 Å². The maximum Gasteiger partial charge on any atom is 0.397 e. The number of aromatic nitrogens is 1. The fraction of sp³-hybridized carbons (Fsp3) is 0.500. The minimum absolute atomic E-state index is 0.196. The van der Waals surface area contributed by atoms with Crippen molar-refractivity contribution in [2.24, 2.45) is 5.10 Å². The van der Waals surface area contributed by atoms with Crippen molar-refractivity contribution in [3.63, 3.8) is 0 Å². The van der Waals surface area contributed by atoms with Gasteiger partial charge in [0.25, 0.3) is 5.96 Å². The second-order valence-electron chi connectivity index (χ2n) is 5.28. The third-order valence-corrected chi connectivity index (χ3v) is 3.70. The highest BCUT2D eigenvalue weighted by atomic mass is 35.5. The Morgan fingerprint density at radius 3 is 2.53 bits per heavy atom. The average Bonchev–Trinajstić information content (AvgIpc) is 3.09. The van der Waals surface area contributed by atoms with Gasteiger partial charge in [0.2, 0.25) is 0 Å². The number of nitrogens with zero attached hydrogens (tertiary/aromatic N) is 4. The molecule has 0 amide bonds. The zero-order valence-corrected chi connectivity index (χ0v) is 18.3. The second-order valence-corrected chi connectivity index (χ2v) is 6.76. The van der Waals surface area contributed by atoms with Crippen LogP contribution in [0, 0.1) is 10.1 Å². The summed E-state index contributed by atoms with van der Waals surface area (Å²) in [6, 6.07) is 3.52. The molecule has 12 nitrogen and oxygen atoms in total. The quantitative estimate of drug-likeness (QED) is 0.189. The second kappa shape index (κ2) is 15.5. The minimum atomic E-state index is -4.26. The van der Waals surface area contributed by atoms with Gasteiger partial charge in [-0.1, -0.05) is 23.7 Å². The third kappa shape index (κ3) is 14.6. The molecule has 1 fully saturated rings. The van der Waals surface area contributed by atoms with Crippen LogP contribution in [-0.4, -0.2) is 66.8 Å². The number of hydrogen-bond donors (Lipinski definition) is 2. The highest BCUT2D eigenvalue weighted by molar-refractivity contribution is 7.80. The summed E-state index contributed by atoms with van der Waals surface area (Å²) in [7, 11) is -4.26. The highest BCUT2D eigenvalue weighted by Crippen LogP contribution is 2.09. The molecule has 1 aromatic rings. The van der Waals surface area contributed by atoms with Crippen LogP contribution in [0.2, 0.25) is 5.15 Å². The molecule has 0 aliphatic carbocycles. The number of nitro groups is 1. The van der Waals surface area contributed by atoms with Crippen molar-refractivity contribution >= 4 is 28.0 Å². The Hall–Kier alpha value is -2.32. The van der Waals surface area contributed by atoms with E-state index in [9.17, 15) is 18.5 Å².